The Morgan fingerprint density at radius 3 is 2.77 bits per heavy atom. The van der Waals surface area contributed by atoms with Gasteiger partial charge in [0.15, 0.2) is 11.2 Å². The number of rotatable bonds is 1. The number of hydrogen-bond acceptors (Lipinski definition) is 4. The third-order valence-corrected chi connectivity index (χ3v) is 1.80. The normalized spacial score (nSPS) is 10.6. The summed E-state index contributed by atoms with van der Waals surface area (Å²) < 4.78 is 2.67. The number of hydrogen-bond donors (Lipinski definition) is 0. The Labute approximate surface area is 73.4 Å². The topological polar surface area (TPSA) is 61.9 Å². The fourth-order valence-electron chi connectivity index (χ4n) is 1.15. The quantitative estimate of drug-likeness (QED) is 0.575. The lowest BCUT2D eigenvalue weighted by Crippen LogP contribution is -2.25. The summed E-state index contributed by atoms with van der Waals surface area (Å²) in [5.74, 6) is 0. The van der Waals surface area contributed by atoms with Crippen molar-refractivity contribution in [2.75, 3.05) is 7.11 Å². The Kier molecular flexibility index (Phi) is 1.54. The molecule has 0 radical (unpaired) electrons. The Morgan fingerprint density at radius 1 is 1.38 bits per heavy atom. The summed E-state index contributed by atoms with van der Waals surface area (Å²) in [6.07, 6.45) is 2.84. The molecular formula is C7H8N4O2. The molecule has 2 rings (SSSR count). The summed E-state index contributed by atoms with van der Waals surface area (Å²) in [5.41, 5.74) is 0.609. The van der Waals surface area contributed by atoms with Crippen LogP contribution in [0.3, 0.4) is 0 Å². The van der Waals surface area contributed by atoms with Crippen LogP contribution in [-0.2, 0) is 7.05 Å². The fourth-order valence-corrected chi connectivity index (χ4v) is 1.15. The van der Waals surface area contributed by atoms with Crippen molar-refractivity contribution in [1.29, 1.82) is 0 Å². The molecular weight excluding hydrogens is 172 g/mol. The largest absolute Gasteiger partial charge is 0.413 e. The molecule has 0 N–H and O–H groups in total. The lowest BCUT2D eigenvalue weighted by Gasteiger charge is -2.01. The molecule has 0 aromatic carbocycles. The summed E-state index contributed by atoms with van der Waals surface area (Å²) in [7, 11) is 3.14. The molecule has 6 heteroatoms. The molecule has 2 aromatic rings. The summed E-state index contributed by atoms with van der Waals surface area (Å²) in [6, 6.07) is 0. The minimum absolute atomic E-state index is 0.257. The van der Waals surface area contributed by atoms with Crippen molar-refractivity contribution in [3.63, 3.8) is 0 Å². The van der Waals surface area contributed by atoms with Crippen molar-refractivity contribution in [3.05, 3.63) is 23.0 Å². The summed E-state index contributed by atoms with van der Waals surface area (Å²) in [5, 5.41) is 0. The van der Waals surface area contributed by atoms with E-state index in [0.717, 1.165) is 4.73 Å². The Hall–Kier alpha value is -1.85. The predicted octanol–water partition coefficient (Wildman–Crippen LogP) is -0.812. The van der Waals surface area contributed by atoms with Gasteiger partial charge in [0.05, 0.1) is 6.33 Å². The van der Waals surface area contributed by atoms with E-state index in [2.05, 4.69) is 9.97 Å². The van der Waals surface area contributed by atoms with Gasteiger partial charge >= 0.3 is 5.56 Å². The molecule has 0 atom stereocenters. The van der Waals surface area contributed by atoms with Crippen molar-refractivity contribution in [2.24, 2.45) is 7.05 Å². The van der Waals surface area contributed by atoms with Crippen molar-refractivity contribution >= 4 is 11.2 Å². The SMILES string of the molecule is COn1cnc2ncn(C)c2c1=O. The van der Waals surface area contributed by atoms with Crippen LogP contribution in [0.5, 0.6) is 0 Å². The summed E-state index contributed by atoms with van der Waals surface area (Å²) in [6.45, 7) is 0. The van der Waals surface area contributed by atoms with Crippen LogP contribution in [0.4, 0.5) is 0 Å². The van der Waals surface area contributed by atoms with Gasteiger partial charge in [0.1, 0.15) is 13.4 Å². The first-order valence-corrected chi connectivity index (χ1v) is 3.67. The van der Waals surface area contributed by atoms with Gasteiger partial charge in [-0.1, -0.05) is 0 Å². The molecule has 0 aliphatic carbocycles. The number of aromatic nitrogens is 4. The predicted molar refractivity (Wildman–Crippen MR) is 45.3 cm³/mol. The number of aryl methyl sites for hydroxylation is 1. The zero-order chi connectivity index (χ0) is 9.42. The van der Waals surface area contributed by atoms with Crippen molar-refractivity contribution < 1.29 is 4.84 Å². The fraction of sp³-hybridized carbons (Fsp3) is 0.286. The van der Waals surface area contributed by atoms with Gasteiger partial charge in [-0.05, 0) is 0 Å². The molecule has 68 valence electrons. The first kappa shape index (κ1) is 7.78. The molecule has 0 bridgehead atoms. The third-order valence-electron chi connectivity index (χ3n) is 1.80. The van der Waals surface area contributed by atoms with E-state index in [1.165, 1.54) is 13.4 Å². The first-order chi connectivity index (χ1) is 6.24. The average Bonchev–Trinajstić information content (AvgIpc) is 2.49. The highest BCUT2D eigenvalue weighted by atomic mass is 16.6. The molecule has 0 saturated carbocycles. The van der Waals surface area contributed by atoms with Gasteiger partial charge < -0.3 is 9.40 Å². The van der Waals surface area contributed by atoms with Gasteiger partial charge in [-0.25, -0.2) is 9.97 Å². The van der Waals surface area contributed by atoms with E-state index in [0.29, 0.717) is 11.2 Å². The second kappa shape index (κ2) is 2.58. The highest BCUT2D eigenvalue weighted by Crippen LogP contribution is 2.00. The Bertz CT molecular complexity index is 499. The Balaban J connectivity index is 2.92. The smallest absolute Gasteiger partial charge is 0.312 e. The van der Waals surface area contributed by atoms with E-state index in [-0.39, 0.29) is 5.56 Å². The van der Waals surface area contributed by atoms with Gasteiger partial charge in [0.2, 0.25) is 0 Å². The van der Waals surface area contributed by atoms with Gasteiger partial charge in [-0.2, -0.15) is 0 Å². The molecule has 0 saturated heterocycles. The van der Waals surface area contributed by atoms with E-state index in [9.17, 15) is 4.79 Å². The van der Waals surface area contributed by atoms with Crippen LogP contribution in [0.2, 0.25) is 0 Å². The molecule has 0 fully saturated rings. The van der Waals surface area contributed by atoms with Crippen LogP contribution in [0, 0.1) is 0 Å². The Morgan fingerprint density at radius 2 is 2.08 bits per heavy atom. The maximum absolute atomic E-state index is 11.6. The maximum Gasteiger partial charge on any atom is 0.312 e. The van der Waals surface area contributed by atoms with E-state index < -0.39 is 0 Å². The van der Waals surface area contributed by atoms with Crippen LogP contribution in [-0.4, -0.2) is 26.4 Å². The zero-order valence-corrected chi connectivity index (χ0v) is 7.26. The molecule has 0 aliphatic heterocycles. The maximum atomic E-state index is 11.6. The molecule has 2 heterocycles. The van der Waals surface area contributed by atoms with E-state index in [4.69, 9.17) is 4.84 Å². The second-order valence-electron chi connectivity index (χ2n) is 2.59. The summed E-state index contributed by atoms with van der Waals surface area (Å²) in [4.78, 5) is 24.2. The minimum atomic E-state index is -0.257. The summed E-state index contributed by atoms with van der Waals surface area (Å²) >= 11 is 0. The second-order valence-corrected chi connectivity index (χ2v) is 2.59. The van der Waals surface area contributed by atoms with Crippen LogP contribution >= 0.6 is 0 Å². The van der Waals surface area contributed by atoms with Crippen molar-refractivity contribution in [1.82, 2.24) is 19.3 Å². The van der Waals surface area contributed by atoms with E-state index in [1.807, 2.05) is 0 Å². The molecule has 0 aliphatic rings. The third kappa shape index (κ3) is 0.986. The monoisotopic (exact) mass is 180 g/mol. The van der Waals surface area contributed by atoms with E-state index >= 15 is 0 Å². The van der Waals surface area contributed by atoms with Crippen molar-refractivity contribution in [3.8, 4) is 0 Å². The lowest BCUT2D eigenvalue weighted by molar-refractivity contribution is 0.155. The molecule has 2 aromatic heterocycles. The average molecular weight is 180 g/mol. The number of fused-ring (bicyclic) bond motifs is 1. The van der Waals surface area contributed by atoms with Gasteiger partial charge in [-0.15, -0.1) is 4.73 Å². The van der Waals surface area contributed by atoms with Crippen molar-refractivity contribution in [2.45, 2.75) is 0 Å². The number of nitrogens with zero attached hydrogens (tertiary/aromatic N) is 4. The molecule has 0 unspecified atom stereocenters. The van der Waals surface area contributed by atoms with Gasteiger partial charge in [0.25, 0.3) is 0 Å². The van der Waals surface area contributed by atoms with Crippen LogP contribution in [0.15, 0.2) is 17.4 Å². The van der Waals surface area contributed by atoms with Crippen LogP contribution in [0.1, 0.15) is 0 Å². The molecule has 0 spiro atoms. The lowest BCUT2D eigenvalue weighted by atomic mass is 10.5. The first-order valence-electron chi connectivity index (χ1n) is 3.67. The highest BCUT2D eigenvalue weighted by molar-refractivity contribution is 5.68. The minimum Gasteiger partial charge on any atom is -0.413 e. The van der Waals surface area contributed by atoms with E-state index in [1.54, 1.807) is 17.9 Å². The van der Waals surface area contributed by atoms with Crippen LogP contribution in [0.25, 0.3) is 11.2 Å². The standard InChI is InChI=1S/C7H8N4O2/c1-10-3-8-6-5(10)7(12)11(13-2)4-9-6/h3-4H,1-2H3. The highest BCUT2D eigenvalue weighted by Gasteiger charge is 2.07. The molecule has 6 nitrogen and oxygen atoms in total. The van der Waals surface area contributed by atoms with Gasteiger partial charge in [-0.3, -0.25) is 4.79 Å². The number of imidazole rings is 1. The van der Waals surface area contributed by atoms with Crippen LogP contribution < -0.4 is 10.4 Å². The molecule has 13 heavy (non-hydrogen) atoms. The zero-order valence-electron chi connectivity index (χ0n) is 7.26. The molecule has 0 amide bonds. The van der Waals surface area contributed by atoms with Gasteiger partial charge in [0, 0.05) is 7.05 Å².